The van der Waals surface area contributed by atoms with Crippen molar-refractivity contribution in [1.82, 2.24) is 9.97 Å². The lowest BCUT2D eigenvalue weighted by atomic mass is 10.2. The Balaban J connectivity index is 1.98. The van der Waals surface area contributed by atoms with Crippen molar-refractivity contribution in [2.24, 2.45) is 0 Å². The average Bonchev–Trinajstić information content (AvgIpc) is 2.57. The van der Waals surface area contributed by atoms with E-state index in [0.717, 1.165) is 11.3 Å². The van der Waals surface area contributed by atoms with Crippen molar-refractivity contribution in [1.29, 1.82) is 0 Å². The van der Waals surface area contributed by atoms with Crippen LogP contribution < -0.4 is 4.90 Å². The Kier molecular flexibility index (Phi) is 4.25. The smallest absolute Gasteiger partial charge is 0.234 e. The number of rotatable bonds is 4. The zero-order valence-corrected chi connectivity index (χ0v) is 12.4. The standard InChI is InChI=1S/C19H17N3/c1-16-7-5-10-18(15-16)22(19-20-12-6-13-21-19)14-11-17-8-3-2-4-9-17/h2-15H,1H3/b14-11+. The molecule has 2 aromatic carbocycles. The minimum absolute atomic E-state index is 0.653. The number of aromatic nitrogens is 2. The molecule has 0 radical (unpaired) electrons. The van der Waals surface area contributed by atoms with Gasteiger partial charge in [-0.15, -0.1) is 0 Å². The van der Waals surface area contributed by atoms with Crippen molar-refractivity contribution in [2.45, 2.75) is 6.92 Å². The second-order valence-corrected chi connectivity index (χ2v) is 4.98. The average molecular weight is 287 g/mol. The number of benzene rings is 2. The van der Waals surface area contributed by atoms with E-state index in [2.05, 4.69) is 53.3 Å². The quantitative estimate of drug-likeness (QED) is 0.702. The molecule has 1 heterocycles. The van der Waals surface area contributed by atoms with Crippen LogP contribution in [0.1, 0.15) is 11.1 Å². The number of hydrogen-bond acceptors (Lipinski definition) is 3. The van der Waals surface area contributed by atoms with Gasteiger partial charge in [-0.25, -0.2) is 9.97 Å². The van der Waals surface area contributed by atoms with Crippen molar-refractivity contribution in [2.75, 3.05) is 4.90 Å². The highest BCUT2D eigenvalue weighted by molar-refractivity contribution is 5.65. The van der Waals surface area contributed by atoms with E-state index in [-0.39, 0.29) is 0 Å². The Morgan fingerprint density at radius 3 is 2.36 bits per heavy atom. The summed E-state index contributed by atoms with van der Waals surface area (Å²) in [7, 11) is 0. The van der Waals surface area contributed by atoms with Gasteiger partial charge in [0.2, 0.25) is 5.95 Å². The maximum absolute atomic E-state index is 4.36. The third kappa shape index (κ3) is 3.38. The van der Waals surface area contributed by atoms with Gasteiger partial charge in [0.25, 0.3) is 0 Å². The predicted molar refractivity (Wildman–Crippen MR) is 90.8 cm³/mol. The lowest BCUT2D eigenvalue weighted by molar-refractivity contribution is 1.08. The molecule has 3 nitrogen and oxygen atoms in total. The topological polar surface area (TPSA) is 29.0 Å². The lowest BCUT2D eigenvalue weighted by Gasteiger charge is -2.18. The summed E-state index contributed by atoms with van der Waals surface area (Å²) >= 11 is 0. The van der Waals surface area contributed by atoms with Crippen LogP contribution in [0.2, 0.25) is 0 Å². The molecule has 3 rings (SSSR count). The monoisotopic (exact) mass is 287 g/mol. The molecule has 0 spiro atoms. The largest absolute Gasteiger partial charge is 0.286 e. The second kappa shape index (κ2) is 6.68. The van der Waals surface area contributed by atoms with Gasteiger partial charge >= 0.3 is 0 Å². The highest BCUT2D eigenvalue weighted by atomic mass is 15.2. The Morgan fingerprint density at radius 2 is 1.64 bits per heavy atom. The van der Waals surface area contributed by atoms with Crippen LogP contribution in [0, 0.1) is 6.92 Å². The molecule has 0 unspecified atom stereocenters. The molecular weight excluding hydrogens is 270 g/mol. The predicted octanol–water partition coefficient (Wildman–Crippen LogP) is 4.59. The minimum atomic E-state index is 0.653. The third-order valence-electron chi connectivity index (χ3n) is 3.26. The van der Waals surface area contributed by atoms with Gasteiger partial charge in [-0.05, 0) is 42.3 Å². The molecule has 0 aliphatic heterocycles. The van der Waals surface area contributed by atoms with Gasteiger partial charge < -0.3 is 0 Å². The first-order chi connectivity index (χ1) is 10.8. The SMILES string of the molecule is Cc1cccc(N(/C=C/c2ccccc2)c2ncccn2)c1. The van der Waals surface area contributed by atoms with Gasteiger partial charge in [0.1, 0.15) is 0 Å². The molecule has 0 amide bonds. The summed E-state index contributed by atoms with van der Waals surface area (Å²) in [6.45, 7) is 2.08. The van der Waals surface area contributed by atoms with Gasteiger partial charge in [-0.3, -0.25) is 4.90 Å². The minimum Gasteiger partial charge on any atom is -0.286 e. The molecule has 0 fully saturated rings. The van der Waals surface area contributed by atoms with E-state index in [9.17, 15) is 0 Å². The third-order valence-corrected chi connectivity index (χ3v) is 3.26. The van der Waals surface area contributed by atoms with Crippen molar-refractivity contribution < 1.29 is 0 Å². The summed E-state index contributed by atoms with van der Waals surface area (Å²) in [5, 5.41) is 0. The molecule has 0 atom stereocenters. The molecule has 3 heteroatoms. The van der Waals surface area contributed by atoms with Gasteiger partial charge in [0.15, 0.2) is 0 Å². The van der Waals surface area contributed by atoms with Gasteiger partial charge in [0.05, 0.1) is 0 Å². The maximum atomic E-state index is 4.36. The van der Waals surface area contributed by atoms with Crippen LogP contribution in [0.4, 0.5) is 11.6 Å². The molecule has 0 bridgehead atoms. The van der Waals surface area contributed by atoms with Crippen LogP contribution in [0.15, 0.2) is 79.3 Å². The fraction of sp³-hybridized carbons (Fsp3) is 0.0526. The summed E-state index contributed by atoms with van der Waals surface area (Å²) in [6.07, 6.45) is 7.56. The molecule has 0 saturated heterocycles. The summed E-state index contributed by atoms with van der Waals surface area (Å²) in [4.78, 5) is 10.7. The summed E-state index contributed by atoms with van der Waals surface area (Å²) in [5.74, 6) is 0.653. The van der Waals surface area contributed by atoms with Crippen LogP contribution >= 0.6 is 0 Å². The van der Waals surface area contributed by atoms with E-state index < -0.39 is 0 Å². The van der Waals surface area contributed by atoms with Crippen LogP contribution in [-0.2, 0) is 0 Å². The highest BCUT2D eigenvalue weighted by Crippen LogP contribution is 2.23. The summed E-state index contributed by atoms with van der Waals surface area (Å²) in [5.41, 5.74) is 3.38. The summed E-state index contributed by atoms with van der Waals surface area (Å²) < 4.78 is 0. The van der Waals surface area contributed by atoms with Crippen molar-refractivity contribution in [3.05, 3.63) is 90.4 Å². The highest BCUT2D eigenvalue weighted by Gasteiger charge is 2.08. The Morgan fingerprint density at radius 1 is 0.864 bits per heavy atom. The zero-order chi connectivity index (χ0) is 15.2. The summed E-state index contributed by atoms with van der Waals surface area (Å²) in [6, 6.07) is 20.3. The van der Waals surface area contributed by atoms with Crippen molar-refractivity contribution in [3.63, 3.8) is 0 Å². The van der Waals surface area contributed by atoms with Crippen molar-refractivity contribution in [3.8, 4) is 0 Å². The van der Waals surface area contributed by atoms with Gasteiger partial charge in [-0.1, -0.05) is 42.5 Å². The van der Waals surface area contributed by atoms with E-state index in [4.69, 9.17) is 0 Å². The molecule has 108 valence electrons. The van der Waals surface area contributed by atoms with Crippen molar-refractivity contribution >= 4 is 17.7 Å². The Bertz CT molecular complexity index is 752. The van der Waals surface area contributed by atoms with E-state index in [0.29, 0.717) is 5.95 Å². The number of hydrogen-bond donors (Lipinski definition) is 0. The molecule has 3 aromatic rings. The van der Waals surface area contributed by atoms with Crippen LogP contribution in [-0.4, -0.2) is 9.97 Å². The first kappa shape index (κ1) is 14.0. The van der Waals surface area contributed by atoms with Crippen LogP contribution in [0.25, 0.3) is 6.08 Å². The fourth-order valence-electron chi connectivity index (χ4n) is 2.19. The maximum Gasteiger partial charge on any atom is 0.234 e. The molecule has 0 aliphatic rings. The van der Waals surface area contributed by atoms with E-state index >= 15 is 0 Å². The number of anilines is 2. The number of aryl methyl sites for hydroxylation is 1. The Labute approximate surface area is 130 Å². The van der Waals surface area contributed by atoms with Crippen LogP contribution in [0.3, 0.4) is 0 Å². The van der Waals surface area contributed by atoms with E-state index in [1.165, 1.54) is 5.56 Å². The molecular formula is C19H17N3. The van der Waals surface area contributed by atoms with Gasteiger partial charge in [0, 0.05) is 24.3 Å². The van der Waals surface area contributed by atoms with E-state index in [1.54, 1.807) is 12.4 Å². The van der Waals surface area contributed by atoms with E-state index in [1.807, 2.05) is 41.4 Å². The lowest BCUT2D eigenvalue weighted by Crippen LogP contribution is -2.11. The zero-order valence-electron chi connectivity index (χ0n) is 12.4. The molecule has 0 N–H and O–H groups in total. The second-order valence-electron chi connectivity index (χ2n) is 4.98. The molecule has 22 heavy (non-hydrogen) atoms. The fourth-order valence-corrected chi connectivity index (χ4v) is 2.19. The first-order valence-corrected chi connectivity index (χ1v) is 7.19. The Hall–Kier alpha value is -2.94. The molecule has 0 aliphatic carbocycles. The van der Waals surface area contributed by atoms with Gasteiger partial charge in [-0.2, -0.15) is 0 Å². The normalized spacial score (nSPS) is 10.8. The first-order valence-electron chi connectivity index (χ1n) is 7.19. The molecule has 0 saturated carbocycles. The number of nitrogens with zero attached hydrogens (tertiary/aromatic N) is 3. The van der Waals surface area contributed by atoms with Crippen LogP contribution in [0.5, 0.6) is 0 Å². The molecule has 1 aromatic heterocycles.